The maximum atomic E-state index is 12.0. The van der Waals surface area contributed by atoms with Crippen LogP contribution in [0.1, 0.15) is 30.7 Å². The molecule has 3 aromatic rings. The van der Waals surface area contributed by atoms with E-state index in [2.05, 4.69) is 27.4 Å². The molecule has 0 spiro atoms. The molecule has 0 bridgehead atoms. The first-order valence-corrected chi connectivity index (χ1v) is 9.23. The van der Waals surface area contributed by atoms with E-state index in [0.717, 1.165) is 42.1 Å². The monoisotopic (exact) mass is 363 g/mol. The topological polar surface area (TPSA) is 67.0 Å². The predicted octanol–water partition coefficient (Wildman–Crippen LogP) is 4.11. The van der Waals surface area contributed by atoms with Gasteiger partial charge in [0.25, 0.3) is 0 Å². The van der Waals surface area contributed by atoms with Crippen LogP contribution in [0.2, 0.25) is 0 Å². The fourth-order valence-corrected chi connectivity index (χ4v) is 2.89. The number of amides is 1. The van der Waals surface area contributed by atoms with E-state index in [1.54, 1.807) is 13.3 Å². The molecule has 0 aliphatic heterocycles. The first-order chi connectivity index (χ1) is 13.2. The number of hydrogen-bond donors (Lipinski definition) is 2. The number of unbranched alkanes of at least 4 members (excludes halogenated alkanes) is 1. The zero-order valence-corrected chi connectivity index (χ0v) is 15.6. The lowest BCUT2D eigenvalue weighted by Gasteiger charge is -2.05. The van der Waals surface area contributed by atoms with Crippen LogP contribution in [-0.2, 0) is 17.8 Å². The van der Waals surface area contributed by atoms with Crippen LogP contribution in [0, 0.1) is 0 Å². The fourth-order valence-electron chi connectivity index (χ4n) is 2.89. The summed E-state index contributed by atoms with van der Waals surface area (Å²) in [6, 6.07) is 18.1. The lowest BCUT2D eigenvalue weighted by molar-refractivity contribution is -0.121. The zero-order chi connectivity index (χ0) is 18.9. The van der Waals surface area contributed by atoms with Gasteiger partial charge in [-0.15, -0.1) is 0 Å². The minimum Gasteiger partial charge on any atom is -0.497 e. The van der Waals surface area contributed by atoms with Crippen molar-refractivity contribution in [3.8, 4) is 17.0 Å². The van der Waals surface area contributed by atoms with Crippen LogP contribution in [0.25, 0.3) is 11.3 Å². The number of benzene rings is 2. The predicted molar refractivity (Wildman–Crippen MR) is 106 cm³/mol. The molecule has 0 fully saturated rings. The minimum absolute atomic E-state index is 0.0578. The van der Waals surface area contributed by atoms with Gasteiger partial charge < -0.3 is 15.0 Å². The number of ether oxygens (including phenoxy) is 1. The fraction of sp³-hybridized carbons (Fsp3) is 0.273. The molecule has 2 aromatic carbocycles. The Bertz CT molecular complexity index is 842. The molecule has 2 N–H and O–H groups in total. The maximum Gasteiger partial charge on any atom is 0.220 e. The van der Waals surface area contributed by atoms with Gasteiger partial charge in [0.15, 0.2) is 0 Å². The standard InChI is InChI=1S/C22H25N3O2/c1-27-19-13-11-17(12-14-19)7-5-6-10-22(26)24-16-21-23-15-20(25-21)18-8-3-2-4-9-18/h2-4,8-9,11-15H,5-7,10,16H2,1H3,(H,23,25)(H,24,26). The Balaban J connectivity index is 1.35. The molecule has 140 valence electrons. The largest absolute Gasteiger partial charge is 0.497 e. The number of imidazole rings is 1. The first kappa shape index (κ1) is 18.7. The lowest BCUT2D eigenvalue weighted by atomic mass is 10.1. The average molecular weight is 363 g/mol. The summed E-state index contributed by atoms with van der Waals surface area (Å²) >= 11 is 0. The second kappa shape index (κ2) is 9.57. The highest BCUT2D eigenvalue weighted by Gasteiger charge is 2.06. The van der Waals surface area contributed by atoms with E-state index in [1.165, 1.54) is 5.56 Å². The molecule has 5 heteroatoms. The number of nitrogens with one attached hydrogen (secondary N) is 2. The first-order valence-electron chi connectivity index (χ1n) is 9.23. The SMILES string of the molecule is COc1ccc(CCCCC(=O)NCc2ncc(-c3ccccc3)[nH]2)cc1. The Kier molecular flexibility index (Phi) is 6.63. The number of aryl methyl sites for hydroxylation is 1. The normalized spacial score (nSPS) is 10.6. The second-order valence-electron chi connectivity index (χ2n) is 6.44. The van der Waals surface area contributed by atoms with Crippen molar-refractivity contribution in [2.75, 3.05) is 7.11 Å². The molecule has 1 aromatic heterocycles. The highest BCUT2D eigenvalue weighted by molar-refractivity contribution is 5.75. The van der Waals surface area contributed by atoms with E-state index in [4.69, 9.17) is 4.74 Å². The third-order valence-electron chi connectivity index (χ3n) is 4.44. The quantitative estimate of drug-likeness (QED) is 0.562. The maximum absolute atomic E-state index is 12.0. The highest BCUT2D eigenvalue weighted by atomic mass is 16.5. The number of H-pyrrole nitrogens is 1. The summed E-state index contributed by atoms with van der Waals surface area (Å²) in [7, 11) is 1.67. The van der Waals surface area contributed by atoms with Crippen LogP contribution in [-0.4, -0.2) is 23.0 Å². The van der Waals surface area contributed by atoms with E-state index in [-0.39, 0.29) is 5.91 Å². The summed E-state index contributed by atoms with van der Waals surface area (Å²) in [6.45, 7) is 0.421. The number of aromatic amines is 1. The smallest absolute Gasteiger partial charge is 0.220 e. The molecule has 5 nitrogen and oxygen atoms in total. The number of aromatic nitrogens is 2. The Hall–Kier alpha value is -3.08. The molecule has 3 rings (SSSR count). The van der Waals surface area contributed by atoms with Gasteiger partial charge in [-0.3, -0.25) is 4.79 Å². The Morgan fingerprint density at radius 2 is 1.85 bits per heavy atom. The van der Waals surface area contributed by atoms with Gasteiger partial charge in [0.1, 0.15) is 11.6 Å². The Labute approximate surface area is 159 Å². The van der Waals surface area contributed by atoms with Crippen LogP contribution in [0.5, 0.6) is 5.75 Å². The van der Waals surface area contributed by atoms with Gasteiger partial charge in [-0.25, -0.2) is 4.98 Å². The van der Waals surface area contributed by atoms with Crippen molar-refractivity contribution >= 4 is 5.91 Å². The molecule has 0 radical (unpaired) electrons. The number of carbonyl (C=O) groups excluding carboxylic acids is 1. The van der Waals surface area contributed by atoms with E-state index in [1.807, 2.05) is 42.5 Å². The molecule has 27 heavy (non-hydrogen) atoms. The molecule has 0 aliphatic rings. The lowest BCUT2D eigenvalue weighted by Crippen LogP contribution is -2.23. The van der Waals surface area contributed by atoms with E-state index in [9.17, 15) is 4.79 Å². The summed E-state index contributed by atoms with van der Waals surface area (Å²) < 4.78 is 5.16. The molecular weight excluding hydrogens is 338 g/mol. The molecular formula is C22H25N3O2. The summed E-state index contributed by atoms with van der Waals surface area (Å²) in [5, 5.41) is 2.93. The van der Waals surface area contributed by atoms with Crippen LogP contribution in [0.15, 0.2) is 60.8 Å². The van der Waals surface area contributed by atoms with Crippen molar-refractivity contribution < 1.29 is 9.53 Å². The molecule has 0 saturated carbocycles. The van der Waals surface area contributed by atoms with Gasteiger partial charge in [-0.05, 0) is 42.5 Å². The molecule has 0 saturated heterocycles. The number of carbonyl (C=O) groups is 1. The van der Waals surface area contributed by atoms with E-state index < -0.39 is 0 Å². The van der Waals surface area contributed by atoms with Gasteiger partial charge in [-0.1, -0.05) is 42.5 Å². The van der Waals surface area contributed by atoms with E-state index in [0.29, 0.717) is 13.0 Å². The molecule has 0 atom stereocenters. The van der Waals surface area contributed by atoms with Gasteiger partial charge in [0, 0.05) is 6.42 Å². The number of hydrogen-bond acceptors (Lipinski definition) is 3. The van der Waals surface area contributed by atoms with Crippen LogP contribution in [0.4, 0.5) is 0 Å². The summed E-state index contributed by atoms with van der Waals surface area (Å²) in [6.07, 6.45) is 5.15. The number of methoxy groups -OCH3 is 1. The van der Waals surface area contributed by atoms with Crippen LogP contribution in [0.3, 0.4) is 0 Å². The van der Waals surface area contributed by atoms with Crippen molar-refractivity contribution in [2.24, 2.45) is 0 Å². The molecule has 0 unspecified atom stereocenters. The Morgan fingerprint density at radius 1 is 1.07 bits per heavy atom. The van der Waals surface area contributed by atoms with Crippen molar-refractivity contribution in [1.29, 1.82) is 0 Å². The summed E-state index contributed by atoms with van der Waals surface area (Å²) in [4.78, 5) is 19.6. The van der Waals surface area contributed by atoms with Crippen molar-refractivity contribution in [1.82, 2.24) is 15.3 Å². The van der Waals surface area contributed by atoms with Gasteiger partial charge >= 0.3 is 0 Å². The summed E-state index contributed by atoms with van der Waals surface area (Å²) in [5.41, 5.74) is 3.31. The average Bonchev–Trinajstić information content (AvgIpc) is 3.20. The second-order valence-corrected chi connectivity index (χ2v) is 6.44. The van der Waals surface area contributed by atoms with Crippen LogP contribution >= 0.6 is 0 Å². The minimum atomic E-state index is 0.0578. The highest BCUT2D eigenvalue weighted by Crippen LogP contribution is 2.16. The summed E-state index contributed by atoms with van der Waals surface area (Å²) in [5.74, 6) is 1.69. The van der Waals surface area contributed by atoms with Crippen molar-refractivity contribution in [3.05, 3.63) is 72.2 Å². The zero-order valence-electron chi connectivity index (χ0n) is 15.6. The third-order valence-corrected chi connectivity index (χ3v) is 4.44. The molecule has 1 amide bonds. The van der Waals surface area contributed by atoms with Gasteiger partial charge in [0.05, 0.1) is 25.5 Å². The molecule has 1 heterocycles. The third kappa shape index (κ3) is 5.71. The molecule has 0 aliphatic carbocycles. The van der Waals surface area contributed by atoms with Gasteiger partial charge in [-0.2, -0.15) is 0 Å². The van der Waals surface area contributed by atoms with Crippen LogP contribution < -0.4 is 10.1 Å². The Morgan fingerprint density at radius 3 is 2.59 bits per heavy atom. The number of rotatable bonds is 9. The van der Waals surface area contributed by atoms with E-state index >= 15 is 0 Å². The number of nitrogens with zero attached hydrogens (tertiary/aromatic N) is 1. The van der Waals surface area contributed by atoms with Gasteiger partial charge in [0.2, 0.25) is 5.91 Å². The van der Waals surface area contributed by atoms with Crippen molar-refractivity contribution in [3.63, 3.8) is 0 Å². The van der Waals surface area contributed by atoms with Crippen molar-refractivity contribution in [2.45, 2.75) is 32.2 Å².